The molecule has 0 unspecified atom stereocenters. The number of aryl methyl sites for hydroxylation is 1. The summed E-state index contributed by atoms with van der Waals surface area (Å²) in [6.07, 6.45) is 7.34. The van der Waals surface area contributed by atoms with Gasteiger partial charge >= 0.3 is 0 Å². The lowest BCUT2D eigenvalue weighted by Crippen LogP contribution is -2.44. The van der Waals surface area contributed by atoms with E-state index in [-0.39, 0.29) is 24.0 Å². The van der Waals surface area contributed by atoms with Gasteiger partial charge in [-0.15, -0.1) is 34.2 Å². The molecule has 0 aromatic carbocycles. The van der Waals surface area contributed by atoms with E-state index in [1.807, 2.05) is 18.5 Å². The van der Waals surface area contributed by atoms with Gasteiger partial charge in [-0.1, -0.05) is 12.8 Å². The maximum atomic E-state index is 5.68. The first kappa shape index (κ1) is 28.3. The minimum atomic E-state index is 0. The van der Waals surface area contributed by atoms with Crippen molar-refractivity contribution in [2.45, 2.75) is 58.9 Å². The number of guanidine groups is 1. The van der Waals surface area contributed by atoms with Gasteiger partial charge in [0.15, 0.2) is 11.8 Å². The lowest BCUT2D eigenvalue weighted by atomic mass is 9.83. The number of halogens is 1. The Labute approximate surface area is 216 Å². The van der Waals surface area contributed by atoms with E-state index in [1.165, 1.54) is 25.7 Å². The van der Waals surface area contributed by atoms with Crippen LogP contribution in [0.1, 0.15) is 57.1 Å². The van der Waals surface area contributed by atoms with Crippen LogP contribution in [0.5, 0.6) is 0 Å². The van der Waals surface area contributed by atoms with Crippen LogP contribution in [0.4, 0.5) is 0 Å². The number of nitrogens with one attached hydrogen (secondary N) is 2. The number of rotatable bonds is 12. The first-order valence-corrected chi connectivity index (χ1v) is 12.4. The Morgan fingerprint density at radius 3 is 2.61 bits per heavy atom. The van der Waals surface area contributed by atoms with Crippen LogP contribution in [0.2, 0.25) is 0 Å². The zero-order valence-corrected chi connectivity index (χ0v) is 23.1. The van der Waals surface area contributed by atoms with Crippen LogP contribution in [-0.4, -0.2) is 84.8 Å². The second-order valence-electron chi connectivity index (χ2n) is 9.13. The molecule has 0 atom stereocenters. The van der Waals surface area contributed by atoms with Crippen molar-refractivity contribution in [2.75, 3.05) is 59.2 Å². The van der Waals surface area contributed by atoms with Gasteiger partial charge in [-0.25, -0.2) is 4.99 Å². The Kier molecular flexibility index (Phi) is 12.9. The van der Waals surface area contributed by atoms with Gasteiger partial charge < -0.3 is 24.7 Å². The summed E-state index contributed by atoms with van der Waals surface area (Å²) < 4.78 is 13.1. The number of hydrogen-bond acceptors (Lipinski definition) is 6. The largest absolute Gasteiger partial charge is 0.382 e. The minimum Gasteiger partial charge on any atom is -0.382 e. The Morgan fingerprint density at radius 2 is 1.94 bits per heavy atom. The van der Waals surface area contributed by atoms with Crippen molar-refractivity contribution in [2.24, 2.45) is 17.5 Å². The van der Waals surface area contributed by atoms with E-state index in [4.69, 9.17) is 14.5 Å². The molecule has 1 aliphatic heterocycles. The summed E-state index contributed by atoms with van der Waals surface area (Å²) in [5.41, 5.74) is 0.312. The van der Waals surface area contributed by atoms with Crippen molar-refractivity contribution >= 4 is 29.9 Å². The molecule has 33 heavy (non-hydrogen) atoms. The fourth-order valence-electron chi connectivity index (χ4n) is 4.59. The molecule has 1 saturated carbocycles. The quantitative estimate of drug-likeness (QED) is 0.171. The predicted molar refractivity (Wildman–Crippen MR) is 142 cm³/mol. The Balaban J connectivity index is 0.00000385. The topological polar surface area (TPSA) is 88.8 Å². The third-order valence-electron chi connectivity index (χ3n) is 6.88. The molecule has 2 aliphatic rings. The van der Waals surface area contributed by atoms with E-state index in [0.717, 1.165) is 89.6 Å². The highest BCUT2D eigenvalue weighted by atomic mass is 127. The van der Waals surface area contributed by atoms with Crippen molar-refractivity contribution in [3.63, 3.8) is 0 Å². The normalized spacial score (nSPS) is 18.8. The molecule has 0 spiro atoms. The zero-order chi connectivity index (χ0) is 22.7. The maximum Gasteiger partial charge on any atom is 0.191 e. The third-order valence-corrected chi connectivity index (χ3v) is 6.88. The number of ether oxygens (including phenoxy) is 2. The molecule has 2 fully saturated rings. The summed E-state index contributed by atoms with van der Waals surface area (Å²) in [7, 11) is 1.99. The Morgan fingerprint density at radius 1 is 1.18 bits per heavy atom. The molecule has 0 radical (unpaired) electrons. The van der Waals surface area contributed by atoms with E-state index < -0.39 is 0 Å². The number of hydrogen-bond donors (Lipinski definition) is 2. The van der Waals surface area contributed by atoms with Gasteiger partial charge in [0, 0.05) is 46.4 Å². The maximum absolute atomic E-state index is 5.68. The average Bonchev–Trinajstić information content (AvgIpc) is 3.41. The first-order chi connectivity index (χ1) is 15.6. The van der Waals surface area contributed by atoms with E-state index in [1.54, 1.807) is 0 Å². The van der Waals surface area contributed by atoms with Crippen LogP contribution in [0, 0.1) is 12.3 Å². The van der Waals surface area contributed by atoms with Crippen LogP contribution < -0.4 is 10.6 Å². The predicted octanol–water partition coefficient (Wildman–Crippen LogP) is 2.49. The first-order valence-electron chi connectivity index (χ1n) is 12.4. The molecular weight excluding hydrogens is 533 g/mol. The van der Waals surface area contributed by atoms with Crippen LogP contribution in [0.3, 0.4) is 0 Å². The fourth-order valence-corrected chi connectivity index (χ4v) is 4.59. The van der Waals surface area contributed by atoms with E-state index >= 15 is 0 Å². The molecule has 2 N–H and O–H groups in total. The minimum absolute atomic E-state index is 0. The van der Waals surface area contributed by atoms with Crippen LogP contribution in [0.15, 0.2) is 4.99 Å². The third kappa shape index (κ3) is 9.29. The van der Waals surface area contributed by atoms with Crippen LogP contribution >= 0.6 is 24.0 Å². The van der Waals surface area contributed by atoms with Gasteiger partial charge in [-0.05, 0) is 51.5 Å². The summed E-state index contributed by atoms with van der Waals surface area (Å²) in [6, 6.07) is 0. The van der Waals surface area contributed by atoms with E-state index in [0.29, 0.717) is 12.0 Å². The summed E-state index contributed by atoms with van der Waals surface area (Å²) in [6.45, 7) is 12.9. The van der Waals surface area contributed by atoms with E-state index in [2.05, 4.69) is 32.7 Å². The molecule has 0 amide bonds. The van der Waals surface area contributed by atoms with Crippen molar-refractivity contribution in [1.82, 2.24) is 30.3 Å². The Bertz CT molecular complexity index is 701. The second kappa shape index (κ2) is 15.1. The molecule has 1 aromatic rings. The van der Waals surface area contributed by atoms with Crippen molar-refractivity contribution in [3.8, 4) is 0 Å². The number of aromatic nitrogens is 3. The summed E-state index contributed by atoms with van der Waals surface area (Å²) >= 11 is 0. The molecule has 0 bridgehead atoms. The van der Waals surface area contributed by atoms with Gasteiger partial charge in [-0.2, -0.15) is 0 Å². The monoisotopic (exact) mass is 577 g/mol. The van der Waals surface area contributed by atoms with Crippen molar-refractivity contribution in [3.05, 3.63) is 11.6 Å². The smallest absolute Gasteiger partial charge is 0.191 e. The summed E-state index contributed by atoms with van der Waals surface area (Å²) in [5, 5.41) is 15.6. The van der Waals surface area contributed by atoms with Crippen molar-refractivity contribution in [1.29, 1.82) is 0 Å². The Hall–Kier alpha value is -0.980. The molecule has 3 rings (SSSR count). The van der Waals surface area contributed by atoms with E-state index in [9.17, 15) is 0 Å². The van der Waals surface area contributed by atoms with Gasteiger partial charge in [0.2, 0.25) is 0 Å². The van der Waals surface area contributed by atoms with Crippen molar-refractivity contribution < 1.29 is 9.47 Å². The van der Waals surface area contributed by atoms with Gasteiger partial charge in [0.05, 0.1) is 13.2 Å². The standard InChI is InChI=1S/C23H43N7O2.HI/c1-4-31-15-10-23(8-5-6-9-23)19-26-22(25-18-21-28-27-20(2)29(21)3)24-11-7-12-30-13-16-32-17-14-30;/h4-19H2,1-3H3,(H2,24,25,26);1H. The number of aliphatic imine (C=N–C) groups is 1. The van der Waals surface area contributed by atoms with Crippen LogP contribution in [-0.2, 0) is 23.1 Å². The summed E-state index contributed by atoms with van der Waals surface area (Å²) in [5.74, 6) is 2.66. The molecule has 1 aliphatic carbocycles. The molecular formula is C23H44IN7O2. The molecule has 1 aromatic heterocycles. The van der Waals surface area contributed by atoms with Gasteiger partial charge in [-0.3, -0.25) is 4.90 Å². The fraction of sp³-hybridized carbons (Fsp3) is 0.870. The van der Waals surface area contributed by atoms with Crippen LogP contribution in [0.25, 0.3) is 0 Å². The molecule has 190 valence electrons. The highest BCUT2D eigenvalue weighted by Gasteiger charge is 2.33. The zero-order valence-electron chi connectivity index (χ0n) is 20.8. The highest BCUT2D eigenvalue weighted by molar-refractivity contribution is 14.0. The SMILES string of the molecule is CCOCCC1(CNC(=NCc2nnc(C)n2C)NCCCN2CCOCC2)CCCC1.I. The lowest BCUT2D eigenvalue weighted by Gasteiger charge is -2.30. The number of morpholine rings is 1. The summed E-state index contributed by atoms with van der Waals surface area (Å²) in [4.78, 5) is 7.32. The molecule has 2 heterocycles. The van der Waals surface area contributed by atoms with Gasteiger partial charge in [0.1, 0.15) is 12.4 Å². The second-order valence-corrected chi connectivity index (χ2v) is 9.13. The molecule has 10 heteroatoms. The highest BCUT2D eigenvalue weighted by Crippen LogP contribution is 2.40. The lowest BCUT2D eigenvalue weighted by molar-refractivity contribution is 0.0376. The number of nitrogens with zero attached hydrogens (tertiary/aromatic N) is 5. The molecule has 9 nitrogen and oxygen atoms in total. The average molecular weight is 578 g/mol. The molecule has 1 saturated heterocycles. The van der Waals surface area contributed by atoms with Gasteiger partial charge in [0.25, 0.3) is 0 Å².